The number of benzene rings is 2. The molecule has 2 saturated heterocycles. The first-order chi connectivity index (χ1) is 20.4. The zero-order valence-electron chi connectivity index (χ0n) is 24.7. The van der Waals surface area contributed by atoms with Gasteiger partial charge in [-0.15, -0.1) is 0 Å². The molecular formula is C32H45N5O4S. The van der Waals surface area contributed by atoms with Gasteiger partial charge in [-0.3, -0.25) is 4.79 Å². The van der Waals surface area contributed by atoms with Crippen molar-refractivity contribution in [2.45, 2.75) is 51.0 Å². The van der Waals surface area contributed by atoms with Gasteiger partial charge in [-0.25, -0.2) is 12.7 Å². The molecule has 0 unspecified atom stereocenters. The molecule has 0 bridgehead atoms. The SMILES string of the molecule is COCCCS(=O)(=O)N1CCC(c2c[nH]c3c(C(N)=O)cc(-c4cccc(CNCCN5CCCCC5)c4)cc23)CC1. The molecule has 228 valence electrons. The lowest BCUT2D eigenvalue weighted by Crippen LogP contribution is -2.39. The van der Waals surface area contributed by atoms with E-state index in [1.54, 1.807) is 11.4 Å². The van der Waals surface area contributed by atoms with E-state index in [9.17, 15) is 13.2 Å². The van der Waals surface area contributed by atoms with Crippen LogP contribution >= 0.6 is 0 Å². The maximum atomic E-state index is 12.8. The third kappa shape index (κ3) is 7.41. The minimum Gasteiger partial charge on any atom is -0.385 e. The molecular weight excluding hydrogens is 550 g/mol. The van der Waals surface area contributed by atoms with Gasteiger partial charge in [-0.05, 0) is 91.6 Å². The van der Waals surface area contributed by atoms with Crippen LogP contribution < -0.4 is 11.1 Å². The molecule has 0 atom stereocenters. The van der Waals surface area contributed by atoms with E-state index >= 15 is 0 Å². The molecule has 3 heterocycles. The number of hydrogen-bond acceptors (Lipinski definition) is 6. The number of nitrogens with two attached hydrogens (primary N) is 1. The zero-order chi connectivity index (χ0) is 29.5. The predicted octanol–water partition coefficient (Wildman–Crippen LogP) is 4.06. The summed E-state index contributed by atoms with van der Waals surface area (Å²) in [6.07, 6.45) is 7.88. The van der Waals surface area contributed by atoms with Crippen molar-refractivity contribution in [2.24, 2.45) is 5.73 Å². The summed E-state index contributed by atoms with van der Waals surface area (Å²) in [5, 5.41) is 4.57. The van der Waals surface area contributed by atoms with E-state index in [0.717, 1.165) is 60.1 Å². The number of sulfonamides is 1. The molecule has 10 heteroatoms. The number of H-pyrrole nitrogens is 1. The summed E-state index contributed by atoms with van der Waals surface area (Å²) >= 11 is 0. The summed E-state index contributed by atoms with van der Waals surface area (Å²) in [5.74, 6) is -0.171. The number of primary amides is 1. The van der Waals surface area contributed by atoms with Gasteiger partial charge in [0.2, 0.25) is 10.0 Å². The second-order valence-electron chi connectivity index (χ2n) is 11.7. The average molecular weight is 596 g/mol. The molecule has 0 saturated carbocycles. The van der Waals surface area contributed by atoms with E-state index in [4.69, 9.17) is 10.5 Å². The first-order valence-corrected chi connectivity index (χ1v) is 16.9. The van der Waals surface area contributed by atoms with Crippen molar-refractivity contribution in [1.29, 1.82) is 0 Å². The van der Waals surface area contributed by atoms with E-state index in [-0.39, 0.29) is 11.7 Å². The summed E-state index contributed by atoms with van der Waals surface area (Å²) in [6, 6.07) is 12.5. The van der Waals surface area contributed by atoms with Crippen molar-refractivity contribution in [3.63, 3.8) is 0 Å². The highest BCUT2D eigenvalue weighted by Gasteiger charge is 2.30. The van der Waals surface area contributed by atoms with Crippen molar-refractivity contribution in [1.82, 2.24) is 19.5 Å². The van der Waals surface area contributed by atoms with Crippen LogP contribution in [0.15, 0.2) is 42.6 Å². The van der Waals surface area contributed by atoms with Crippen LogP contribution in [-0.4, -0.2) is 87.3 Å². The Hall–Kier alpha value is -2.76. The molecule has 5 rings (SSSR count). The highest BCUT2D eigenvalue weighted by molar-refractivity contribution is 7.89. The van der Waals surface area contributed by atoms with Gasteiger partial charge in [-0.1, -0.05) is 24.6 Å². The first kappa shape index (κ1) is 30.7. The third-order valence-corrected chi connectivity index (χ3v) is 10.7. The number of hydrogen-bond donors (Lipinski definition) is 3. The molecule has 42 heavy (non-hydrogen) atoms. The van der Waals surface area contributed by atoms with Crippen LogP contribution in [0.5, 0.6) is 0 Å². The predicted molar refractivity (Wildman–Crippen MR) is 168 cm³/mol. The van der Waals surface area contributed by atoms with Gasteiger partial charge in [0.25, 0.3) is 5.91 Å². The largest absolute Gasteiger partial charge is 0.385 e. The molecule has 9 nitrogen and oxygen atoms in total. The lowest BCUT2D eigenvalue weighted by atomic mass is 9.88. The van der Waals surface area contributed by atoms with Gasteiger partial charge in [0.05, 0.1) is 16.8 Å². The average Bonchev–Trinajstić information content (AvgIpc) is 3.44. The molecule has 0 radical (unpaired) electrons. The number of rotatable bonds is 13. The molecule has 3 aromatic rings. The summed E-state index contributed by atoms with van der Waals surface area (Å²) in [6.45, 7) is 6.65. The van der Waals surface area contributed by atoms with Gasteiger partial charge < -0.3 is 25.7 Å². The lowest BCUT2D eigenvalue weighted by Gasteiger charge is -2.31. The van der Waals surface area contributed by atoms with Crippen LogP contribution in [0.25, 0.3) is 22.0 Å². The molecule has 1 aromatic heterocycles. The molecule has 0 aliphatic carbocycles. The molecule has 2 aliphatic rings. The number of carbonyl (C=O) groups is 1. The molecule has 0 spiro atoms. The Morgan fingerprint density at radius 2 is 1.86 bits per heavy atom. The number of methoxy groups -OCH3 is 1. The fourth-order valence-electron chi connectivity index (χ4n) is 6.43. The summed E-state index contributed by atoms with van der Waals surface area (Å²) < 4.78 is 32.2. The topological polar surface area (TPSA) is 121 Å². The minimum atomic E-state index is -3.29. The summed E-state index contributed by atoms with van der Waals surface area (Å²) in [7, 11) is -1.71. The normalized spacial score (nSPS) is 17.6. The van der Waals surface area contributed by atoms with E-state index in [1.807, 2.05) is 12.3 Å². The zero-order valence-corrected chi connectivity index (χ0v) is 25.6. The standard InChI is InChI=1S/C32H45N5O4S/c1-41-17-6-18-42(39,40)37-14-9-25(10-15-37)30-23-35-31-28(30)20-27(21-29(31)32(33)38)26-8-5-7-24(19-26)22-34-11-16-36-12-3-2-4-13-36/h5,7-8,19-21,23,25,34-35H,2-4,6,9-18,22H2,1H3,(H2,33,38). The highest BCUT2D eigenvalue weighted by Crippen LogP contribution is 2.37. The number of nitrogens with one attached hydrogen (secondary N) is 2. The molecule has 4 N–H and O–H groups in total. The Morgan fingerprint density at radius 1 is 1.07 bits per heavy atom. The fourth-order valence-corrected chi connectivity index (χ4v) is 7.93. The maximum Gasteiger partial charge on any atom is 0.250 e. The second-order valence-corrected chi connectivity index (χ2v) is 13.8. The Kier molecular flexibility index (Phi) is 10.3. The third-order valence-electron chi connectivity index (χ3n) is 8.77. The lowest BCUT2D eigenvalue weighted by molar-refractivity contribution is 0.100. The second kappa shape index (κ2) is 14.1. The van der Waals surface area contributed by atoms with Gasteiger partial charge >= 0.3 is 0 Å². The van der Waals surface area contributed by atoms with Crippen molar-refractivity contribution in [3.05, 3.63) is 59.3 Å². The van der Waals surface area contributed by atoms with Crippen molar-refractivity contribution in [2.75, 3.05) is 58.7 Å². The van der Waals surface area contributed by atoms with Crippen LogP contribution in [0.3, 0.4) is 0 Å². The van der Waals surface area contributed by atoms with Gasteiger partial charge in [0.1, 0.15) is 0 Å². The number of ether oxygens (including phenoxy) is 1. The Balaban J connectivity index is 1.30. The van der Waals surface area contributed by atoms with Crippen LogP contribution in [-0.2, 0) is 21.3 Å². The number of fused-ring (bicyclic) bond motifs is 1. The van der Waals surface area contributed by atoms with E-state index < -0.39 is 15.9 Å². The Morgan fingerprint density at radius 3 is 2.60 bits per heavy atom. The smallest absolute Gasteiger partial charge is 0.250 e. The van der Waals surface area contributed by atoms with Crippen LogP contribution in [0.4, 0.5) is 0 Å². The van der Waals surface area contributed by atoms with Crippen molar-refractivity contribution < 1.29 is 17.9 Å². The van der Waals surface area contributed by atoms with Crippen LogP contribution in [0.1, 0.15) is 65.9 Å². The van der Waals surface area contributed by atoms with Gasteiger partial charge in [0, 0.05) is 58.0 Å². The Bertz CT molecular complexity index is 1460. The maximum absolute atomic E-state index is 12.8. The van der Waals surface area contributed by atoms with Crippen molar-refractivity contribution >= 4 is 26.8 Å². The number of carbonyl (C=O) groups excluding carboxylic acids is 1. The Labute approximate surface area is 249 Å². The number of aromatic amines is 1. The van der Waals surface area contributed by atoms with Crippen molar-refractivity contribution in [3.8, 4) is 11.1 Å². The molecule has 1 amide bonds. The fraction of sp³-hybridized carbons (Fsp3) is 0.531. The summed E-state index contributed by atoms with van der Waals surface area (Å²) in [4.78, 5) is 18.4. The van der Waals surface area contributed by atoms with E-state index in [0.29, 0.717) is 31.7 Å². The number of aromatic nitrogens is 1. The number of nitrogens with zero attached hydrogens (tertiary/aromatic N) is 2. The monoisotopic (exact) mass is 595 g/mol. The molecule has 2 aliphatic heterocycles. The van der Waals surface area contributed by atoms with E-state index in [1.165, 1.54) is 37.9 Å². The van der Waals surface area contributed by atoms with Gasteiger partial charge in [-0.2, -0.15) is 0 Å². The quantitative estimate of drug-likeness (QED) is 0.257. The molecule has 2 aromatic carbocycles. The van der Waals surface area contributed by atoms with Crippen LogP contribution in [0, 0.1) is 0 Å². The first-order valence-electron chi connectivity index (χ1n) is 15.3. The summed E-state index contributed by atoms with van der Waals surface area (Å²) in [5.41, 5.74) is 11.4. The number of piperidine rings is 2. The van der Waals surface area contributed by atoms with Gasteiger partial charge in [0.15, 0.2) is 0 Å². The minimum absolute atomic E-state index is 0.108. The van der Waals surface area contributed by atoms with E-state index in [2.05, 4.69) is 45.5 Å². The highest BCUT2D eigenvalue weighted by atomic mass is 32.2. The number of amides is 1. The van der Waals surface area contributed by atoms with Crippen LogP contribution in [0.2, 0.25) is 0 Å². The number of likely N-dealkylation sites (tertiary alicyclic amines) is 1. The molecule has 2 fully saturated rings.